The number of hydrogen-bond acceptors (Lipinski definition) is 8. The van der Waals surface area contributed by atoms with Crippen LogP contribution >= 0.6 is 0 Å². The standard InChI is InChI=1S/C15H27N7O2/c1-11-6-4-9-21(10-11)14-12(22(23)24)13(16)18-15(19-14)17-7-5-8-20(2)3/h11H,4-10H2,1-3H3,(H3,16,17,18,19)/t11-/m0/s1. The summed E-state index contributed by atoms with van der Waals surface area (Å²) in [5.41, 5.74) is 5.66. The number of aromatic nitrogens is 2. The van der Waals surface area contributed by atoms with E-state index in [0.29, 0.717) is 24.2 Å². The summed E-state index contributed by atoms with van der Waals surface area (Å²) in [4.78, 5) is 23.4. The molecule has 1 fully saturated rings. The Bertz CT molecular complexity index is 579. The fourth-order valence-electron chi connectivity index (χ4n) is 2.91. The lowest BCUT2D eigenvalue weighted by Crippen LogP contribution is -2.35. The molecule has 1 aromatic rings. The molecule has 0 amide bonds. The molecule has 1 aliphatic heterocycles. The molecule has 9 nitrogen and oxygen atoms in total. The minimum atomic E-state index is -0.486. The van der Waals surface area contributed by atoms with Gasteiger partial charge in [-0.05, 0) is 45.8 Å². The fraction of sp³-hybridized carbons (Fsp3) is 0.733. The van der Waals surface area contributed by atoms with Crippen molar-refractivity contribution in [3.8, 4) is 0 Å². The first-order chi connectivity index (χ1) is 11.4. The number of nitrogens with zero attached hydrogens (tertiary/aromatic N) is 5. The van der Waals surface area contributed by atoms with Crippen LogP contribution in [-0.2, 0) is 0 Å². The van der Waals surface area contributed by atoms with Crippen LogP contribution in [0, 0.1) is 16.0 Å². The Balaban J connectivity index is 2.20. The maximum absolute atomic E-state index is 11.4. The molecule has 0 saturated carbocycles. The second-order valence-electron chi connectivity index (χ2n) is 6.64. The lowest BCUT2D eigenvalue weighted by molar-refractivity contribution is -0.383. The van der Waals surface area contributed by atoms with Crippen molar-refractivity contribution in [2.75, 3.05) is 56.2 Å². The van der Waals surface area contributed by atoms with Gasteiger partial charge in [0, 0.05) is 19.6 Å². The van der Waals surface area contributed by atoms with E-state index in [-0.39, 0.29) is 11.5 Å². The van der Waals surface area contributed by atoms with Crippen molar-refractivity contribution in [1.29, 1.82) is 0 Å². The van der Waals surface area contributed by atoms with Crippen molar-refractivity contribution >= 4 is 23.3 Å². The summed E-state index contributed by atoms with van der Waals surface area (Å²) >= 11 is 0. The van der Waals surface area contributed by atoms with Crippen molar-refractivity contribution in [1.82, 2.24) is 14.9 Å². The molecule has 2 rings (SSSR count). The van der Waals surface area contributed by atoms with Gasteiger partial charge >= 0.3 is 5.69 Å². The molecule has 0 aliphatic carbocycles. The van der Waals surface area contributed by atoms with Crippen LogP contribution in [0.15, 0.2) is 0 Å². The van der Waals surface area contributed by atoms with Crippen LogP contribution in [0.1, 0.15) is 26.2 Å². The highest BCUT2D eigenvalue weighted by Gasteiger charge is 2.29. The molecule has 1 saturated heterocycles. The average Bonchev–Trinajstić information content (AvgIpc) is 2.50. The molecule has 0 unspecified atom stereocenters. The molecular formula is C15H27N7O2. The summed E-state index contributed by atoms with van der Waals surface area (Å²) < 4.78 is 0. The Hall–Kier alpha value is -2.16. The normalized spacial score (nSPS) is 18.0. The number of nitrogens with two attached hydrogens (primary N) is 1. The van der Waals surface area contributed by atoms with Gasteiger partial charge in [0.15, 0.2) is 0 Å². The van der Waals surface area contributed by atoms with E-state index in [4.69, 9.17) is 5.73 Å². The predicted molar refractivity (Wildman–Crippen MR) is 95.4 cm³/mol. The summed E-state index contributed by atoms with van der Waals surface area (Å²) in [6.07, 6.45) is 3.04. The summed E-state index contributed by atoms with van der Waals surface area (Å²) in [6, 6.07) is 0. The summed E-state index contributed by atoms with van der Waals surface area (Å²) in [6.45, 7) is 5.26. The van der Waals surface area contributed by atoms with Crippen molar-refractivity contribution in [2.24, 2.45) is 5.92 Å². The number of nitro groups is 1. The third-order valence-electron chi connectivity index (χ3n) is 4.10. The highest BCUT2D eigenvalue weighted by Crippen LogP contribution is 2.34. The minimum absolute atomic E-state index is 0.0849. The molecule has 1 atom stereocenters. The van der Waals surface area contributed by atoms with E-state index in [0.717, 1.165) is 38.9 Å². The molecule has 0 aromatic carbocycles. The number of nitrogen functional groups attached to an aromatic ring is 1. The van der Waals surface area contributed by atoms with Crippen molar-refractivity contribution < 1.29 is 4.92 Å². The first-order valence-corrected chi connectivity index (χ1v) is 8.34. The van der Waals surface area contributed by atoms with Gasteiger partial charge in [0.05, 0.1) is 4.92 Å². The van der Waals surface area contributed by atoms with Gasteiger partial charge in [-0.25, -0.2) is 0 Å². The second-order valence-corrected chi connectivity index (χ2v) is 6.64. The molecule has 0 bridgehead atoms. The molecule has 134 valence electrons. The third-order valence-corrected chi connectivity index (χ3v) is 4.10. The third kappa shape index (κ3) is 4.67. The minimum Gasteiger partial charge on any atom is -0.378 e. The van der Waals surface area contributed by atoms with E-state index in [1.54, 1.807) is 0 Å². The van der Waals surface area contributed by atoms with E-state index >= 15 is 0 Å². The number of rotatable bonds is 7. The van der Waals surface area contributed by atoms with Gasteiger partial charge in [0.25, 0.3) is 0 Å². The van der Waals surface area contributed by atoms with E-state index in [2.05, 4.69) is 27.1 Å². The van der Waals surface area contributed by atoms with Crippen LogP contribution < -0.4 is 16.0 Å². The Morgan fingerprint density at radius 3 is 2.83 bits per heavy atom. The van der Waals surface area contributed by atoms with Gasteiger partial charge in [-0.2, -0.15) is 9.97 Å². The molecular weight excluding hydrogens is 310 g/mol. The monoisotopic (exact) mass is 337 g/mol. The molecule has 0 radical (unpaired) electrons. The van der Waals surface area contributed by atoms with Crippen LogP contribution in [0.5, 0.6) is 0 Å². The summed E-state index contributed by atoms with van der Waals surface area (Å²) in [5.74, 6) is 1.07. The van der Waals surface area contributed by atoms with Gasteiger partial charge in [0.1, 0.15) is 0 Å². The summed E-state index contributed by atoms with van der Waals surface area (Å²) in [7, 11) is 4.02. The van der Waals surface area contributed by atoms with Gasteiger partial charge in [0.2, 0.25) is 17.6 Å². The van der Waals surface area contributed by atoms with Crippen molar-refractivity contribution in [3.63, 3.8) is 0 Å². The molecule has 2 heterocycles. The zero-order valence-electron chi connectivity index (χ0n) is 14.7. The maximum Gasteiger partial charge on any atom is 0.353 e. The topological polar surface area (TPSA) is 113 Å². The summed E-state index contributed by atoms with van der Waals surface area (Å²) in [5, 5.41) is 14.5. The van der Waals surface area contributed by atoms with Gasteiger partial charge in [-0.3, -0.25) is 10.1 Å². The Kier molecular flexibility index (Phi) is 6.13. The molecule has 1 aliphatic rings. The number of anilines is 3. The fourth-order valence-corrected chi connectivity index (χ4v) is 2.91. The average molecular weight is 337 g/mol. The van der Waals surface area contributed by atoms with Crippen LogP contribution in [0.2, 0.25) is 0 Å². The zero-order chi connectivity index (χ0) is 17.7. The smallest absolute Gasteiger partial charge is 0.353 e. The zero-order valence-corrected chi connectivity index (χ0v) is 14.7. The van der Waals surface area contributed by atoms with Crippen LogP contribution in [0.25, 0.3) is 0 Å². The lowest BCUT2D eigenvalue weighted by Gasteiger charge is -2.31. The molecule has 3 N–H and O–H groups in total. The number of hydrogen-bond donors (Lipinski definition) is 2. The van der Waals surface area contributed by atoms with Crippen molar-refractivity contribution in [2.45, 2.75) is 26.2 Å². The Labute approximate surface area is 142 Å². The largest absolute Gasteiger partial charge is 0.378 e. The van der Waals surface area contributed by atoms with Crippen molar-refractivity contribution in [3.05, 3.63) is 10.1 Å². The van der Waals surface area contributed by atoms with E-state index in [1.165, 1.54) is 0 Å². The second kappa shape index (κ2) is 8.09. The first kappa shape index (κ1) is 18.2. The maximum atomic E-state index is 11.4. The first-order valence-electron chi connectivity index (χ1n) is 8.34. The highest BCUT2D eigenvalue weighted by molar-refractivity contribution is 5.71. The molecule has 0 spiro atoms. The number of piperidine rings is 1. The Morgan fingerprint density at radius 2 is 2.21 bits per heavy atom. The predicted octanol–water partition coefficient (Wildman–Crippen LogP) is 1.57. The molecule has 1 aromatic heterocycles. The van der Waals surface area contributed by atoms with Gasteiger partial charge in [-0.1, -0.05) is 6.92 Å². The highest BCUT2D eigenvalue weighted by atomic mass is 16.6. The quantitative estimate of drug-likeness (QED) is 0.438. The van der Waals surface area contributed by atoms with Crippen LogP contribution in [0.4, 0.5) is 23.3 Å². The lowest BCUT2D eigenvalue weighted by atomic mass is 10.0. The number of nitrogens with one attached hydrogen (secondary N) is 1. The van der Waals surface area contributed by atoms with E-state index in [9.17, 15) is 10.1 Å². The SMILES string of the molecule is C[C@H]1CCCN(c2nc(NCCCN(C)C)nc(N)c2[N+](=O)[O-])C1. The van der Waals surface area contributed by atoms with Crippen LogP contribution in [-0.4, -0.2) is 60.1 Å². The van der Waals surface area contributed by atoms with Crippen LogP contribution in [0.3, 0.4) is 0 Å². The Morgan fingerprint density at radius 1 is 1.46 bits per heavy atom. The van der Waals surface area contributed by atoms with Gasteiger partial charge < -0.3 is 20.9 Å². The van der Waals surface area contributed by atoms with E-state index in [1.807, 2.05) is 19.0 Å². The van der Waals surface area contributed by atoms with Gasteiger partial charge in [-0.15, -0.1) is 0 Å². The molecule has 24 heavy (non-hydrogen) atoms. The van der Waals surface area contributed by atoms with E-state index < -0.39 is 4.92 Å². The molecule has 9 heteroatoms.